The molecule has 1 amide bonds. The molecule has 20 heavy (non-hydrogen) atoms. The number of nitrogens with one attached hydrogen (secondary N) is 1. The topological polar surface area (TPSA) is 102 Å². The van der Waals surface area contributed by atoms with Gasteiger partial charge in [-0.2, -0.15) is 5.10 Å². The molecule has 0 saturated carbocycles. The van der Waals surface area contributed by atoms with E-state index in [-0.39, 0.29) is 5.56 Å². The Hall–Kier alpha value is -3.02. The molecular weight excluding hydrogens is 256 g/mol. The van der Waals surface area contributed by atoms with E-state index in [1.807, 2.05) is 24.3 Å². The molecule has 2 heterocycles. The number of hydrogen-bond acceptors (Lipinski definition) is 4. The van der Waals surface area contributed by atoms with Gasteiger partial charge >= 0.3 is 0 Å². The Kier molecular flexibility index (Phi) is 2.76. The molecule has 3 rings (SSSR count). The SMILES string of the molecule is NC(=O)c1cc(-c2nncc3ccccc23)c[nH]c1=O. The van der Waals surface area contributed by atoms with Gasteiger partial charge in [-0.3, -0.25) is 9.59 Å². The predicted octanol–water partition coefficient (Wildman–Crippen LogP) is 1.08. The van der Waals surface area contributed by atoms with E-state index in [4.69, 9.17) is 5.73 Å². The molecule has 6 nitrogen and oxygen atoms in total. The van der Waals surface area contributed by atoms with Crippen molar-refractivity contribution in [3.8, 4) is 11.3 Å². The third kappa shape index (κ3) is 1.93. The molecule has 0 saturated heterocycles. The summed E-state index contributed by atoms with van der Waals surface area (Å²) >= 11 is 0. The maximum Gasteiger partial charge on any atom is 0.260 e. The number of nitrogens with zero attached hydrogens (tertiary/aromatic N) is 2. The standard InChI is InChI=1S/C14H10N4O2/c15-13(19)11-5-9(6-16-14(11)20)12-10-4-2-1-3-8(10)7-17-18-12/h1-7H,(H2,15,19)(H,16,20). The van der Waals surface area contributed by atoms with Crippen LogP contribution in [0.2, 0.25) is 0 Å². The van der Waals surface area contributed by atoms with Crippen molar-refractivity contribution < 1.29 is 4.79 Å². The van der Waals surface area contributed by atoms with Crippen molar-refractivity contribution in [3.63, 3.8) is 0 Å². The van der Waals surface area contributed by atoms with Crippen LogP contribution in [0.3, 0.4) is 0 Å². The number of nitrogens with two attached hydrogens (primary N) is 1. The van der Waals surface area contributed by atoms with Crippen molar-refractivity contribution in [2.24, 2.45) is 5.73 Å². The average Bonchev–Trinajstić information content (AvgIpc) is 2.47. The third-order valence-electron chi connectivity index (χ3n) is 3.01. The van der Waals surface area contributed by atoms with Crippen molar-refractivity contribution in [2.75, 3.05) is 0 Å². The van der Waals surface area contributed by atoms with Gasteiger partial charge < -0.3 is 10.7 Å². The Balaban J connectivity index is 2.29. The number of aromatic nitrogens is 3. The highest BCUT2D eigenvalue weighted by Crippen LogP contribution is 2.24. The molecule has 0 fully saturated rings. The molecule has 1 aromatic carbocycles. The number of rotatable bonds is 2. The van der Waals surface area contributed by atoms with Gasteiger partial charge in [0.2, 0.25) is 0 Å². The lowest BCUT2D eigenvalue weighted by atomic mass is 10.1. The smallest absolute Gasteiger partial charge is 0.260 e. The van der Waals surface area contributed by atoms with Crippen LogP contribution in [0.15, 0.2) is 47.5 Å². The zero-order chi connectivity index (χ0) is 14.1. The molecular formula is C14H10N4O2. The first kappa shape index (κ1) is 12.0. The van der Waals surface area contributed by atoms with Gasteiger partial charge in [0, 0.05) is 22.5 Å². The van der Waals surface area contributed by atoms with E-state index >= 15 is 0 Å². The van der Waals surface area contributed by atoms with Gasteiger partial charge in [0.1, 0.15) is 11.3 Å². The van der Waals surface area contributed by atoms with Gasteiger partial charge in [-0.1, -0.05) is 24.3 Å². The van der Waals surface area contributed by atoms with E-state index in [2.05, 4.69) is 15.2 Å². The largest absolute Gasteiger partial charge is 0.365 e. The van der Waals surface area contributed by atoms with E-state index in [0.29, 0.717) is 11.3 Å². The van der Waals surface area contributed by atoms with Crippen molar-refractivity contribution in [1.29, 1.82) is 0 Å². The third-order valence-corrected chi connectivity index (χ3v) is 3.01. The van der Waals surface area contributed by atoms with E-state index in [1.54, 1.807) is 6.20 Å². The van der Waals surface area contributed by atoms with E-state index in [0.717, 1.165) is 10.8 Å². The van der Waals surface area contributed by atoms with Crippen LogP contribution in [0.25, 0.3) is 22.0 Å². The highest BCUT2D eigenvalue weighted by atomic mass is 16.2. The minimum atomic E-state index is -0.777. The maximum absolute atomic E-state index is 11.5. The molecule has 0 aliphatic heterocycles. The molecule has 3 aromatic rings. The monoisotopic (exact) mass is 266 g/mol. The summed E-state index contributed by atoms with van der Waals surface area (Å²) in [5.41, 5.74) is 5.73. The van der Waals surface area contributed by atoms with Gasteiger partial charge in [-0.05, 0) is 6.07 Å². The molecule has 0 bridgehead atoms. The number of amides is 1. The fourth-order valence-electron chi connectivity index (χ4n) is 2.04. The Morgan fingerprint density at radius 1 is 1.25 bits per heavy atom. The predicted molar refractivity (Wildman–Crippen MR) is 74.1 cm³/mol. The Labute approximate surface area is 113 Å². The lowest BCUT2D eigenvalue weighted by Gasteiger charge is -2.05. The zero-order valence-corrected chi connectivity index (χ0v) is 10.3. The summed E-state index contributed by atoms with van der Waals surface area (Å²) in [6.45, 7) is 0. The summed E-state index contributed by atoms with van der Waals surface area (Å²) in [7, 11) is 0. The molecule has 0 aliphatic carbocycles. The van der Waals surface area contributed by atoms with Crippen molar-refractivity contribution in [1.82, 2.24) is 15.2 Å². The van der Waals surface area contributed by atoms with E-state index in [1.165, 1.54) is 12.3 Å². The molecule has 2 aromatic heterocycles. The summed E-state index contributed by atoms with van der Waals surface area (Å²) in [5.74, 6) is -0.777. The number of primary amides is 1. The molecule has 6 heteroatoms. The molecule has 98 valence electrons. The molecule has 0 unspecified atom stereocenters. The second kappa shape index (κ2) is 4.58. The Morgan fingerprint density at radius 2 is 2.05 bits per heavy atom. The number of benzene rings is 1. The van der Waals surface area contributed by atoms with Crippen LogP contribution < -0.4 is 11.3 Å². The second-order valence-electron chi connectivity index (χ2n) is 4.28. The first-order valence-corrected chi connectivity index (χ1v) is 5.90. The first-order chi connectivity index (χ1) is 9.66. The minimum Gasteiger partial charge on any atom is -0.365 e. The van der Waals surface area contributed by atoms with Crippen LogP contribution in [-0.4, -0.2) is 21.1 Å². The molecule has 3 N–H and O–H groups in total. The van der Waals surface area contributed by atoms with Crippen LogP contribution >= 0.6 is 0 Å². The Bertz CT molecular complexity index is 865. The van der Waals surface area contributed by atoms with Crippen LogP contribution in [0, 0.1) is 0 Å². The number of aromatic amines is 1. The van der Waals surface area contributed by atoms with Crippen LogP contribution in [0.4, 0.5) is 0 Å². The second-order valence-corrected chi connectivity index (χ2v) is 4.28. The summed E-state index contributed by atoms with van der Waals surface area (Å²) < 4.78 is 0. The lowest BCUT2D eigenvalue weighted by molar-refractivity contribution is 0.0999. The van der Waals surface area contributed by atoms with Gasteiger partial charge in [0.15, 0.2) is 0 Å². The van der Waals surface area contributed by atoms with Gasteiger partial charge in [0.25, 0.3) is 11.5 Å². The minimum absolute atomic E-state index is 0.0998. The fourth-order valence-corrected chi connectivity index (χ4v) is 2.04. The molecule has 0 spiro atoms. The highest BCUT2D eigenvalue weighted by Gasteiger charge is 2.11. The molecule has 0 atom stereocenters. The fraction of sp³-hybridized carbons (Fsp3) is 0. The van der Waals surface area contributed by atoms with E-state index < -0.39 is 11.5 Å². The van der Waals surface area contributed by atoms with Gasteiger partial charge in [0.05, 0.1) is 6.20 Å². The Morgan fingerprint density at radius 3 is 2.85 bits per heavy atom. The first-order valence-electron chi connectivity index (χ1n) is 5.90. The van der Waals surface area contributed by atoms with Crippen molar-refractivity contribution in [3.05, 3.63) is 58.6 Å². The normalized spacial score (nSPS) is 10.6. The number of H-pyrrole nitrogens is 1. The summed E-state index contributed by atoms with van der Waals surface area (Å²) in [5, 5.41) is 9.81. The summed E-state index contributed by atoms with van der Waals surface area (Å²) in [6.07, 6.45) is 3.14. The van der Waals surface area contributed by atoms with Crippen LogP contribution in [-0.2, 0) is 0 Å². The highest BCUT2D eigenvalue weighted by molar-refractivity contribution is 5.97. The van der Waals surface area contributed by atoms with Crippen molar-refractivity contribution in [2.45, 2.75) is 0 Å². The lowest BCUT2D eigenvalue weighted by Crippen LogP contribution is -2.23. The summed E-state index contributed by atoms with van der Waals surface area (Å²) in [6, 6.07) is 9.02. The quantitative estimate of drug-likeness (QED) is 0.724. The number of carbonyl (C=O) groups is 1. The van der Waals surface area contributed by atoms with Crippen molar-refractivity contribution >= 4 is 16.7 Å². The number of carbonyl (C=O) groups excluding carboxylic acids is 1. The van der Waals surface area contributed by atoms with Crippen LogP contribution in [0.5, 0.6) is 0 Å². The number of fused-ring (bicyclic) bond motifs is 1. The van der Waals surface area contributed by atoms with E-state index in [9.17, 15) is 9.59 Å². The zero-order valence-electron chi connectivity index (χ0n) is 10.3. The maximum atomic E-state index is 11.5. The van der Waals surface area contributed by atoms with Crippen LogP contribution in [0.1, 0.15) is 10.4 Å². The summed E-state index contributed by atoms with van der Waals surface area (Å²) in [4.78, 5) is 25.2. The van der Waals surface area contributed by atoms with Gasteiger partial charge in [-0.25, -0.2) is 0 Å². The average molecular weight is 266 g/mol. The molecule has 0 aliphatic rings. The number of hydrogen-bond donors (Lipinski definition) is 2. The van der Waals surface area contributed by atoms with Gasteiger partial charge in [-0.15, -0.1) is 5.10 Å². The molecule has 0 radical (unpaired) electrons. The number of pyridine rings is 1.